The molecule has 2 N–H and O–H groups in total. The Morgan fingerprint density at radius 1 is 1.00 bits per heavy atom. The number of aliphatic hydroxyl groups excluding tert-OH is 1. The Morgan fingerprint density at radius 3 is 2.15 bits per heavy atom. The third-order valence-electron chi connectivity index (χ3n) is 6.24. The van der Waals surface area contributed by atoms with Gasteiger partial charge in [0.15, 0.2) is 0 Å². The first-order valence-electron chi connectivity index (χ1n) is 11.0. The number of carbonyl (C=O) groups is 2. The van der Waals surface area contributed by atoms with Crippen LogP contribution in [0, 0.1) is 0 Å². The molecule has 2 aliphatic rings. The zero-order valence-electron chi connectivity index (χ0n) is 18.9. The molecule has 1 amide bonds. The van der Waals surface area contributed by atoms with Crippen molar-refractivity contribution >= 4 is 17.4 Å². The highest BCUT2D eigenvalue weighted by Crippen LogP contribution is 2.39. The molecule has 0 aromatic heterocycles. The van der Waals surface area contributed by atoms with Crippen LogP contribution in [0.5, 0.6) is 11.5 Å². The number of hydrogen-bond acceptors (Lipinski definition) is 6. The van der Waals surface area contributed by atoms with Crippen LogP contribution < -0.4 is 14.4 Å². The number of hydrogen-bond donors (Lipinski definition) is 2. The van der Waals surface area contributed by atoms with E-state index >= 15 is 0 Å². The molecule has 8 heteroatoms. The van der Waals surface area contributed by atoms with Crippen molar-refractivity contribution in [3.05, 3.63) is 65.2 Å². The van der Waals surface area contributed by atoms with Crippen molar-refractivity contribution in [3.63, 3.8) is 0 Å². The van der Waals surface area contributed by atoms with Gasteiger partial charge in [-0.2, -0.15) is 0 Å². The minimum Gasteiger partial charge on any atom is -0.507 e. The molecule has 1 atom stereocenters. The number of benzene rings is 2. The number of rotatable bonds is 7. The number of carbonyl (C=O) groups excluding carboxylic acids is 2. The van der Waals surface area contributed by atoms with Crippen LogP contribution in [0.25, 0.3) is 5.76 Å². The molecule has 2 fully saturated rings. The number of ketones is 1. The lowest BCUT2D eigenvalue weighted by molar-refractivity contribution is -0.907. The molecule has 174 valence electrons. The number of methoxy groups -OCH3 is 2. The van der Waals surface area contributed by atoms with Gasteiger partial charge in [-0.1, -0.05) is 12.1 Å². The summed E-state index contributed by atoms with van der Waals surface area (Å²) in [6, 6.07) is 13.3. The summed E-state index contributed by atoms with van der Waals surface area (Å²) in [5.41, 5.74) is 1.28. The SMILES string of the molecule is COc1ccc(C(O)=C2C(=O)C(=O)N(CC[NH+]3CCOCC3)[C@@H]2c2ccc(OC)cc2)cc1. The average Bonchev–Trinajstić information content (AvgIpc) is 3.12. The van der Waals surface area contributed by atoms with Gasteiger partial charge < -0.3 is 29.1 Å². The maximum absolute atomic E-state index is 13.1. The molecule has 0 unspecified atom stereocenters. The van der Waals surface area contributed by atoms with Gasteiger partial charge in [-0.3, -0.25) is 9.59 Å². The minimum absolute atomic E-state index is 0.0901. The van der Waals surface area contributed by atoms with Crippen LogP contribution >= 0.6 is 0 Å². The highest BCUT2D eigenvalue weighted by Gasteiger charge is 2.46. The number of nitrogens with one attached hydrogen (secondary N) is 1. The van der Waals surface area contributed by atoms with E-state index in [1.807, 2.05) is 12.1 Å². The van der Waals surface area contributed by atoms with Crippen molar-refractivity contribution in [1.29, 1.82) is 0 Å². The molecule has 33 heavy (non-hydrogen) atoms. The minimum atomic E-state index is -0.682. The number of amides is 1. The van der Waals surface area contributed by atoms with Crippen molar-refractivity contribution in [3.8, 4) is 11.5 Å². The molecule has 2 aromatic carbocycles. The van der Waals surface area contributed by atoms with E-state index in [-0.39, 0.29) is 11.3 Å². The number of morpholine rings is 1. The van der Waals surface area contributed by atoms with Crippen LogP contribution in [0.2, 0.25) is 0 Å². The number of ether oxygens (including phenoxy) is 3. The highest BCUT2D eigenvalue weighted by atomic mass is 16.5. The molecule has 0 saturated carbocycles. The van der Waals surface area contributed by atoms with E-state index < -0.39 is 17.7 Å². The maximum atomic E-state index is 13.1. The predicted octanol–water partition coefficient (Wildman–Crippen LogP) is 1.04. The Hall–Kier alpha value is -3.36. The van der Waals surface area contributed by atoms with Crippen LogP contribution in [0.15, 0.2) is 54.1 Å². The number of likely N-dealkylation sites (tertiary alicyclic amines) is 1. The molecule has 2 saturated heterocycles. The van der Waals surface area contributed by atoms with Crippen LogP contribution in [0.1, 0.15) is 17.2 Å². The Balaban J connectivity index is 1.72. The second kappa shape index (κ2) is 10.1. The van der Waals surface area contributed by atoms with Crippen LogP contribution in [-0.4, -0.2) is 75.3 Å². The van der Waals surface area contributed by atoms with Crippen molar-refractivity contribution in [2.75, 3.05) is 53.6 Å². The fourth-order valence-corrected chi connectivity index (χ4v) is 4.34. The third kappa shape index (κ3) is 4.72. The van der Waals surface area contributed by atoms with Gasteiger partial charge in [0.25, 0.3) is 11.7 Å². The standard InChI is InChI=1S/C25H28N2O6/c1-31-19-7-3-17(4-8-19)22-21(23(28)18-5-9-20(32-2)10-6-18)24(29)25(30)27(22)12-11-26-13-15-33-16-14-26/h3-10,22,28H,11-16H2,1-2H3/p+1/t22-/m1/s1. The first-order chi connectivity index (χ1) is 16.0. The fraction of sp³-hybridized carbons (Fsp3) is 0.360. The zero-order chi connectivity index (χ0) is 23.4. The Labute approximate surface area is 193 Å². The van der Waals surface area contributed by atoms with Crippen LogP contribution in [0.3, 0.4) is 0 Å². The fourth-order valence-electron chi connectivity index (χ4n) is 4.34. The topological polar surface area (TPSA) is 89.7 Å². The van der Waals surface area contributed by atoms with Crippen LogP contribution in [-0.2, 0) is 14.3 Å². The lowest BCUT2D eigenvalue weighted by Crippen LogP contribution is -3.14. The number of aliphatic hydroxyl groups is 1. The number of nitrogens with zero attached hydrogens (tertiary/aromatic N) is 1. The summed E-state index contributed by atoms with van der Waals surface area (Å²) in [7, 11) is 3.14. The second-order valence-corrected chi connectivity index (χ2v) is 8.11. The van der Waals surface area contributed by atoms with E-state index in [0.29, 0.717) is 43.4 Å². The van der Waals surface area contributed by atoms with Crippen molar-refractivity contribution in [2.45, 2.75) is 6.04 Å². The average molecular weight is 454 g/mol. The summed E-state index contributed by atoms with van der Waals surface area (Å²) in [5, 5.41) is 11.1. The monoisotopic (exact) mass is 453 g/mol. The number of quaternary nitrogens is 1. The molecular weight excluding hydrogens is 424 g/mol. The van der Waals surface area contributed by atoms with E-state index in [2.05, 4.69) is 0 Å². The van der Waals surface area contributed by atoms with Gasteiger partial charge >= 0.3 is 0 Å². The lowest BCUT2D eigenvalue weighted by Gasteiger charge is -2.29. The molecule has 0 aliphatic carbocycles. The van der Waals surface area contributed by atoms with Crippen molar-refractivity contribution in [1.82, 2.24) is 4.90 Å². The largest absolute Gasteiger partial charge is 0.507 e. The van der Waals surface area contributed by atoms with Crippen LogP contribution in [0.4, 0.5) is 0 Å². The number of Topliss-reactive ketones (excluding diaryl/α,β-unsaturated/α-hetero) is 1. The molecule has 2 heterocycles. The van der Waals surface area contributed by atoms with E-state index in [1.54, 1.807) is 55.5 Å². The van der Waals surface area contributed by atoms with E-state index in [4.69, 9.17) is 14.2 Å². The Kier molecular flexibility index (Phi) is 6.96. The van der Waals surface area contributed by atoms with Gasteiger partial charge in [0, 0.05) is 5.56 Å². The van der Waals surface area contributed by atoms with Crippen molar-refractivity contribution in [2.24, 2.45) is 0 Å². The van der Waals surface area contributed by atoms with Gasteiger partial charge in [-0.25, -0.2) is 0 Å². The first-order valence-corrected chi connectivity index (χ1v) is 11.0. The smallest absolute Gasteiger partial charge is 0.295 e. The molecule has 4 rings (SSSR count). The normalized spacial score (nSPS) is 20.8. The zero-order valence-corrected chi connectivity index (χ0v) is 18.9. The van der Waals surface area contributed by atoms with Gasteiger partial charge in [-0.05, 0) is 42.0 Å². The highest BCUT2D eigenvalue weighted by molar-refractivity contribution is 6.46. The Morgan fingerprint density at radius 2 is 1.58 bits per heavy atom. The molecule has 8 nitrogen and oxygen atoms in total. The van der Waals surface area contributed by atoms with Gasteiger partial charge in [0.1, 0.15) is 30.3 Å². The molecular formula is C25H29N2O6+. The molecule has 0 radical (unpaired) electrons. The second-order valence-electron chi connectivity index (χ2n) is 8.11. The summed E-state index contributed by atoms with van der Waals surface area (Å²) >= 11 is 0. The molecule has 0 spiro atoms. The Bertz CT molecular complexity index is 1030. The van der Waals surface area contributed by atoms with E-state index in [1.165, 1.54) is 4.90 Å². The van der Waals surface area contributed by atoms with E-state index in [9.17, 15) is 14.7 Å². The van der Waals surface area contributed by atoms with Gasteiger partial charge in [0.2, 0.25) is 0 Å². The summed E-state index contributed by atoms with van der Waals surface area (Å²) in [6.45, 7) is 4.20. The molecule has 2 aromatic rings. The molecule has 2 aliphatic heterocycles. The summed E-state index contributed by atoms with van der Waals surface area (Å²) in [5.74, 6) is -0.173. The quantitative estimate of drug-likeness (QED) is 0.370. The summed E-state index contributed by atoms with van der Waals surface area (Å²) in [6.07, 6.45) is 0. The summed E-state index contributed by atoms with van der Waals surface area (Å²) in [4.78, 5) is 29.1. The lowest BCUT2D eigenvalue weighted by atomic mass is 9.95. The predicted molar refractivity (Wildman–Crippen MR) is 121 cm³/mol. The van der Waals surface area contributed by atoms with E-state index in [0.717, 1.165) is 18.7 Å². The third-order valence-corrected chi connectivity index (χ3v) is 6.24. The maximum Gasteiger partial charge on any atom is 0.295 e. The van der Waals surface area contributed by atoms with Gasteiger partial charge in [0.05, 0.1) is 52.1 Å². The summed E-state index contributed by atoms with van der Waals surface area (Å²) < 4.78 is 15.9. The van der Waals surface area contributed by atoms with Crippen molar-refractivity contribution < 1.29 is 33.8 Å². The molecule has 0 bridgehead atoms. The van der Waals surface area contributed by atoms with Gasteiger partial charge in [-0.15, -0.1) is 0 Å². The first kappa shape index (κ1) is 22.8.